The van der Waals surface area contributed by atoms with Crippen molar-refractivity contribution in [3.05, 3.63) is 77.1 Å². The van der Waals surface area contributed by atoms with E-state index in [9.17, 15) is 9.59 Å². The maximum atomic E-state index is 13.1. The van der Waals surface area contributed by atoms with Crippen LogP contribution in [0.1, 0.15) is 46.0 Å². The van der Waals surface area contributed by atoms with Crippen LogP contribution in [-0.2, 0) is 4.74 Å². The van der Waals surface area contributed by atoms with Crippen molar-refractivity contribution in [2.45, 2.75) is 33.8 Å². The smallest absolute Gasteiger partial charge is 0.338 e. The predicted octanol–water partition coefficient (Wildman–Crippen LogP) is 4.93. The molecule has 6 heteroatoms. The van der Waals surface area contributed by atoms with Gasteiger partial charge < -0.3 is 18.8 Å². The molecule has 3 rings (SSSR count). The average Bonchev–Trinajstić information content (AvgIpc) is 3.07. The molecule has 6 nitrogen and oxygen atoms in total. The van der Waals surface area contributed by atoms with Gasteiger partial charge in [-0.2, -0.15) is 0 Å². The Kier molecular flexibility index (Phi) is 6.80. The molecule has 0 aliphatic heterocycles. The number of methoxy groups -OCH3 is 1. The first-order valence-corrected chi connectivity index (χ1v) is 10.2. The van der Waals surface area contributed by atoms with E-state index in [4.69, 9.17) is 14.2 Å². The second kappa shape index (κ2) is 9.51. The molecule has 1 atom stereocenters. The Morgan fingerprint density at radius 2 is 1.71 bits per heavy atom. The van der Waals surface area contributed by atoms with Crippen molar-refractivity contribution in [3.63, 3.8) is 0 Å². The van der Waals surface area contributed by atoms with Gasteiger partial charge in [-0.25, -0.2) is 4.79 Å². The number of hydrogen-bond donors (Lipinski definition) is 0. The molecule has 0 N–H and O–H groups in total. The number of nitrogens with zero attached hydrogens (tertiary/aromatic N) is 1. The Morgan fingerprint density at radius 3 is 2.35 bits per heavy atom. The standard InChI is InChI=1S/C25H27NO5/c1-6-30-22-13-12-19(15-23(22)29-5)25(28)31-18(4)24(27)21-14-16(2)26(17(21)3)20-10-8-7-9-11-20/h7-15,18H,6H2,1-5H3/t18-/m0/s1. The number of benzene rings is 2. The normalized spacial score (nSPS) is 11.6. The summed E-state index contributed by atoms with van der Waals surface area (Å²) in [5.41, 5.74) is 3.53. The van der Waals surface area contributed by atoms with Gasteiger partial charge in [0.05, 0.1) is 19.3 Å². The molecule has 1 aromatic heterocycles. The molecular formula is C25H27NO5. The number of hydrogen-bond acceptors (Lipinski definition) is 5. The number of esters is 1. The monoisotopic (exact) mass is 421 g/mol. The van der Waals surface area contributed by atoms with Gasteiger partial charge in [0.2, 0.25) is 5.78 Å². The second-order valence-electron chi connectivity index (χ2n) is 7.17. The van der Waals surface area contributed by atoms with Gasteiger partial charge >= 0.3 is 5.97 Å². The van der Waals surface area contributed by atoms with Gasteiger partial charge in [-0.1, -0.05) is 18.2 Å². The van der Waals surface area contributed by atoms with E-state index in [0.29, 0.717) is 23.7 Å². The fraction of sp³-hybridized carbons (Fsp3) is 0.280. The molecule has 31 heavy (non-hydrogen) atoms. The quantitative estimate of drug-likeness (QED) is 0.381. The fourth-order valence-electron chi connectivity index (χ4n) is 3.56. The molecule has 1 heterocycles. The van der Waals surface area contributed by atoms with Crippen molar-refractivity contribution in [1.82, 2.24) is 4.57 Å². The molecule has 0 aliphatic rings. The van der Waals surface area contributed by atoms with E-state index in [2.05, 4.69) is 0 Å². The summed E-state index contributed by atoms with van der Waals surface area (Å²) in [6.07, 6.45) is -0.935. The summed E-state index contributed by atoms with van der Waals surface area (Å²) >= 11 is 0. The molecule has 0 bridgehead atoms. The lowest BCUT2D eigenvalue weighted by Crippen LogP contribution is -2.25. The first-order chi connectivity index (χ1) is 14.9. The van der Waals surface area contributed by atoms with Crippen LogP contribution in [0.4, 0.5) is 0 Å². The molecule has 0 radical (unpaired) electrons. The Bertz CT molecular complexity index is 1080. The van der Waals surface area contributed by atoms with Crippen molar-refractivity contribution in [2.75, 3.05) is 13.7 Å². The zero-order valence-corrected chi connectivity index (χ0v) is 18.5. The van der Waals surface area contributed by atoms with E-state index >= 15 is 0 Å². The van der Waals surface area contributed by atoms with Crippen LogP contribution in [0.15, 0.2) is 54.6 Å². The molecule has 2 aromatic carbocycles. The average molecular weight is 421 g/mol. The molecule has 0 saturated carbocycles. The first kappa shape index (κ1) is 22.2. The van der Waals surface area contributed by atoms with Crippen molar-refractivity contribution >= 4 is 11.8 Å². The lowest BCUT2D eigenvalue weighted by atomic mass is 10.1. The van der Waals surface area contributed by atoms with E-state index in [1.807, 2.05) is 61.7 Å². The summed E-state index contributed by atoms with van der Waals surface area (Å²) in [5.74, 6) is 0.126. The molecule has 0 unspecified atom stereocenters. The van der Waals surface area contributed by atoms with Gasteiger partial charge in [-0.05, 0) is 64.1 Å². The third kappa shape index (κ3) is 4.63. The van der Waals surface area contributed by atoms with Gasteiger partial charge in [0, 0.05) is 22.6 Å². The van der Waals surface area contributed by atoms with Crippen LogP contribution in [0.3, 0.4) is 0 Å². The minimum Gasteiger partial charge on any atom is -0.493 e. The van der Waals surface area contributed by atoms with E-state index < -0.39 is 12.1 Å². The zero-order chi connectivity index (χ0) is 22.5. The summed E-state index contributed by atoms with van der Waals surface area (Å²) in [6.45, 7) is 7.76. The molecule has 3 aromatic rings. The lowest BCUT2D eigenvalue weighted by molar-refractivity contribution is 0.0318. The van der Waals surface area contributed by atoms with E-state index in [0.717, 1.165) is 17.1 Å². The van der Waals surface area contributed by atoms with Crippen LogP contribution in [0.2, 0.25) is 0 Å². The summed E-state index contributed by atoms with van der Waals surface area (Å²) in [7, 11) is 1.50. The third-order valence-corrected chi connectivity index (χ3v) is 5.06. The van der Waals surface area contributed by atoms with Crippen LogP contribution >= 0.6 is 0 Å². The Hall–Kier alpha value is -3.54. The predicted molar refractivity (Wildman–Crippen MR) is 119 cm³/mol. The van der Waals surface area contributed by atoms with Crippen LogP contribution in [-0.4, -0.2) is 36.1 Å². The largest absolute Gasteiger partial charge is 0.493 e. The summed E-state index contributed by atoms with van der Waals surface area (Å²) in [5, 5.41) is 0. The van der Waals surface area contributed by atoms with Gasteiger partial charge in [0.1, 0.15) is 0 Å². The van der Waals surface area contributed by atoms with Crippen LogP contribution in [0.25, 0.3) is 5.69 Å². The van der Waals surface area contributed by atoms with Gasteiger partial charge in [-0.3, -0.25) is 4.79 Å². The SMILES string of the molecule is CCOc1ccc(C(=O)O[C@@H](C)C(=O)c2cc(C)n(-c3ccccc3)c2C)cc1OC. The molecule has 0 saturated heterocycles. The first-order valence-electron chi connectivity index (χ1n) is 10.2. The Labute approximate surface area is 182 Å². The maximum Gasteiger partial charge on any atom is 0.338 e. The van der Waals surface area contributed by atoms with Gasteiger partial charge in [-0.15, -0.1) is 0 Å². The van der Waals surface area contributed by atoms with Crippen LogP contribution in [0, 0.1) is 13.8 Å². The number of rotatable bonds is 8. The number of carbonyl (C=O) groups is 2. The molecule has 0 amide bonds. The zero-order valence-electron chi connectivity index (χ0n) is 18.5. The number of aromatic nitrogens is 1. The van der Waals surface area contributed by atoms with E-state index in [1.165, 1.54) is 7.11 Å². The molecule has 162 valence electrons. The second-order valence-corrected chi connectivity index (χ2v) is 7.17. The van der Waals surface area contributed by atoms with Crippen molar-refractivity contribution in [1.29, 1.82) is 0 Å². The number of Topliss-reactive ketones (excluding diaryl/α,β-unsaturated/α-hetero) is 1. The molecular weight excluding hydrogens is 394 g/mol. The highest BCUT2D eigenvalue weighted by Gasteiger charge is 2.25. The number of ether oxygens (including phenoxy) is 3. The van der Waals surface area contributed by atoms with Crippen LogP contribution < -0.4 is 9.47 Å². The third-order valence-electron chi connectivity index (χ3n) is 5.06. The van der Waals surface area contributed by atoms with Crippen molar-refractivity contribution in [3.8, 4) is 17.2 Å². The molecule has 0 fully saturated rings. The lowest BCUT2D eigenvalue weighted by Gasteiger charge is -2.14. The van der Waals surface area contributed by atoms with Crippen molar-refractivity contribution in [2.24, 2.45) is 0 Å². The van der Waals surface area contributed by atoms with Crippen molar-refractivity contribution < 1.29 is 23.8 Å². The number of carbonyl (C=O) groups excluding carboxylic acids is 2. The molecule has 0 spiro atoms. The fourth-order valence-corrected chi connectivity index (χ4v) is 3.56. The van der Waals surface area contributed by atoms with Gasteiger partial charge in [0.25, 0.3) is 0 Å². The number of ketones is 1. The highest BCUT2D eigenvalue weighted by molar-refractivity contribution is 6.02. The topological polar surface area (TPSA) is 66.8 Å². The summed E-state index contributed by atoms with van der Waals surface area (Å²) in [6, 6.07) is 16.4. The minimum atomic E-state index is -0.935. The summed E-state index contributed by atoms with van der Waals surface area (Å²) < 4.78 is 18.2. The highest BCUT2D eigenvalue weighted by Crippen LogP contribution is 2.29. The van der Waals surface area contributed by atoms with Crippen LogP contribution in [0.5, 0.6) is 11.5 Å². The van der Waals surface area contributed by atoms with Gasteiger partial charge in [0.15, 0.2) is 17.6 Å². The molecule has 0 aliphatic carbocycles. The number of aryl methyl sites for hydroxylation is 1. The Balaban J connectivity index is 1.79. The minimum absolute atomic E-state index is 0.249. The highest BCUT2D eigenvalue weighted by atomic mass is 16.5. The summed E-state index contributed by atoms with van der Waals surface area (Å²) in [4.78, 5) is 25.7. The Morgan fingerprint density at radius 1 is 1.00 bits per heavy atom. The number of para-hydroxylation sites is 1. The van der Waals surface area contributed by atoms with E-state index in [1.54, 1.807) is 25.1 Å². The van der Waals surface area contributed by atoms with E-state index in [-0.39, 0.29) is 11.3 Å². The maximum absolute atomic E-state index is 13.1.